The van der Waals surface area contributed by atoms with Gasteiger partial charge in [0.25, 0.3) is 6.43 Å². The molecule has 0 atom stereocenters. The van der Waals surface area contributed by atoms with Gasteiger partial charge in [0.1, 0.15) is 12.4 Å². The van der Waals surface area contributed by atoms with Crippen molar-refractivity contribution in [1.29, 1.82) is 0 Å². The van der Waals surface area contributed by atoms with Gasteiger partial charge >= 0.3 is 0 Å². The lowest BCUT2D eigenvalue weighted by atomic mass is 10.1. The van der Waals surface area contributed by atoms with Gasteiger partial charge in [0.15, 0.2) is 0 Å². The average molecular weight is 291 g/mol. The normalized spacial score (nSPS) is 11.0. The lowest BCUT2D eigenvalue weighted by molar-refractivity contribution is 0.132. The third-order valence-electron chi connectivity index (χ3n) is 2.80. The number of alkyl halides is 2. The van der Waals surface area contributed by atoms with E-state index in [1.165, 1.54) is 18.3 Å². The average Bonchev–Trinajstić information content (AvgIpc) is 2.52. The lowest BCUT2D eigenvalue weighted by Crippen LogP contribution is -1.91. The first-order valence-corrected chi connectivity index (χ1v) is 6.35. The van der Waals surface area contributed by atoms with Gasteiger partial charge in [-0.3, -0.25) is 0 Å². The van der Waals surface area contributed by atoms with Gasteiger partial charge in [0.2, 0.25) is 0 Å². The molecule has 110 valence electrons. The monoisotopic (exact) mass is 291 g/mol. The number of hydrogen-bond donors (Lipinski definition) is 0. The Hall–Kier alpha value is -2.43. The van der Waals surface area contributed by atoms with E-state index in [-0.39, 0.29) is 12.2 Å². The Morgan fingerprint density at radius 2 is 1.95 bits per heavy atom. The number of ether oxygens (including phenoxy) is 1. The Labute approximate surface area is 121 Å². The molecule has 0 fully saturated rings. The highest BCUT2D eigenvalue weighted by atomic mass is 19.3. The molecule has 0 heterocycles. The molecule has 2 aromatic carbocycles. The summed E-state index contributed by atoms with van der Waals surface area (Å²) >= 11 is 0. The van der Waals surface area contributed by atoms with Crippen molar-refractivity contribution in [1.82, 2.24) is 0 Å². The SMILES string of the molecule is COc1cccc(CON=Cc2cccc(C(F)F)c2)c1. The summed E-state index contributed by atoms with van der Waals surface area (Å²) < 4.78 is 30.2. The zero-order valence-electron chi connectivity index (χ0n) is 11.5. The van der Waals surface area contributed by atoms with Crippen LogP contribution < -0.4 is 4.74 Å². The van der Waals surface area contributed by atoms with Crippen molar-refractivity contribution in [3.8, 4) is 5.75 Å². The van der Waals surface area contributed by atoms with E-state index in [1.54, 1.807) is 19.2 Å². The smallest absolute Gasteiger partial charge is 0.263 e. The second-order valence-corrected chi connectivity index (χ2v) is 4.33. The summed E-state index contributed by atoms with van der Waals surface area (Å²) in [5.41, 5.74) is 1.44. The Bertz CT molecular complexity index is 615. The molecule has 0 radical (unpaired) electrons. The highest BCUT2D eigenvalue weighted by molar-refractivity contribution is 5.79. The van der Waals surface area contributed by atoms with Crippen molar-refractivity contribution in [2.45, 2.75) is 13.0 Å². The van der Waals surface area contributed by atoms with Crippen LogP contribution in [-0.2, 0) is 11.4 Å². The fourth-order valence-electron chi connectivity index (χ4n) is 1.75. The molecule has 0 amide bonds. The minimum atomic E-state index is -2.49. The zero-order chi connectivity index (χ0) is 15.1. The molecule has 0 aliphatic rings. The predicted molar refractivity (Wildman–Crippen MR) is 76.8 cm³/mol. The van der Waals surface area contributed by atoms with E-state index in [0.29, 0.717) is 5.56 Å². The molecule has 0 unspecified atom stereocenters. The van der Waals surface area contributed by atoms with Crippen LogP contribution in [0, 0.1) is 0 Å². The van der Waals surface area contributed by atoms with Crippen LogP contribution in [0.4, 0.5) is 8.78 Å². The zero-order valence-corrected chi connectivity index (χ0v) is 11.5. The van der Waals surface area contributed by atoms with Crippen LogP contribution >= 0.6 is 0 Å². The maximum absolute atomic E-state index is 12.5. The molecular formula is C16H15F2NO2. The topological polar surface area (TPSA) is 30.8 Å². The number of hydrogen-bond acceptors (Lipinski definition) is 3. The van der Waals surface area contributed by atoms with Crippen LogP contribution in [0.1, 0.15) is 23.1 Å². The largest absolute Gasteiger partial charge is 0.497 e. The molecule has 0 spiro atoms. The Balaban J connectivity index is 1.91. The van der Waals surface area contributed by atoms with Crippen molar-refractivity contribution >= 4 is 6.21 Å². The lowest BCUT2D eigenvalue weighted by Gasteiger charge is -2.03. The highest BCUT2D eigenvalue weighted by Crippen LogP contribution is 2.18. The van der Waals surface area contributed by atoms with E-state index in [2.05, 4.69) is 5.16 Å². The number of oxime groups is 1. The van der Waals surface area contributed by atoms with Crippen LogP contribution in [0.2, 0.25) is 0 Å². The van der Waals surface area contributed by atoms with Crippen LogP contribution in [0.5, 0.6) is 5.75 Å². The van der Waals surface area contributed by atoms with Crippen molar-refractivity contribution in [3.05, 3.63) is 65.2 Å². The van der Waals surface area contributed by atoms with E-state index < -0.39 is 6.43 Å². The van der Waals surface area contributed by atoms with Gasteiger partial charge in [0.05, 0.1) is 13.3 Å². The fourth-order valence-corrected chi connectivity index (χ4v) is 1.75. The number of halogens is 2. The summed E-state index contributed by atoms with van der Waals surface area (Å²) in [4.78, 5) is 5.15. The third kappa shape index (κ3) is 4.56. The Kier molecular flexibility index (Phi) is 5.26. The van der Waals surface area contributed by atoms with E-state index in [0.717, 1.165) is 11.3 Å². The van der Waals surface area contributed by atoms with Gasteiger partial charge in [-0.1, -0.05) is 35.5 Å². The van der Waals surface area contributed by atoms with Gasteiger partial charge in [-0.15, -0.1) is 0 Å². The molecule has 0 saturated carbocycles. The van der Waals surface area contributed by atoms with Crippen LogP contribution in [0.25, 0.3) is 0 Å². The summed E-state index contributed by atoms with van der Waals surface area (Å²) in [6.07, 6.45) is -1.08. The predicted octanol–water partition coefficient (Wildman–Crippen LogP) is 4.18. The van der Waals surface area contributed by atoms with Crippen molar-refractivity contribution in [3.63, 3.8) is 0 Å². The summed E-state index contributed by atoms with van der Waals surface area (Å²) in [5.74, 6) is 0.740. The Morgan fingerprint density at radius 1 is 1.14 bits per heavy atom. The first kappa shape index (κ1) is 15.0. The maximum atomic E-state index is 12.5. The highest BCUT2D eigenvalue weighted by Gasteiger charge is 2.05. The molecular weight excluding hydrogens is 276 g/mol. The molecule has 0 bridgehead atoms. The van der Waals surface area contributed by atoms with Crippen LogP contribution in [0.3, 0.4) is 0 Å². The summed E-state index contributed by atoms with van der Waals surface area (Å²) in [6, 6.07) is 13.4. The van der Waals surface area contributed by atoms with E-state index in [1.807, 2.05) is 24.3 Å². The molecule has 0 aliphatic heterocycles. The molecule has 0 aliphatic carbocycles. The Morgan fingerprint density at radius 3 is 2.71 bits per heavy atom. The van der Waals surface area contributed by atoms with E-state index in [9.17, 15) is 8.78 Å². The van der Waals surface area contributed by atoms with Crippen molar-refractivity contribution in [2.75, 3.05) is 7.11 Å². The maximum Gasteiger partial charge on any atom is 0.263 e. The molecule has 0 saturated heterocycles. The first-order chi connectivity index (χ1) is 10.2. The fraction of sp³-hybridized carbons (Fsp3) is 0.188. The number of rotatable bonds is 6. The molecule has 2 rings (SSSR count). The number of nitrogens with zero attached hydrogens (tertiary/aromatic N) is 1. The number of methoxy groups -OCH3 is 1. The number of benzene rings is 2. The summed E-state index contributed by atoms with van der Waals surface area (Å²) in [7, 11) is 1.59. The van der Waals surface area contributed by atoms with Crippen molar-refractivity contribution < 1.29 is 18.4 Å². The first-order valence-electron chi connectivity index (χ1n) is 6.35. The summed E-state index contributed by atoms with van der Waals surface area (Å²) in [6.45, 7) is 0.280. The standard InChI is InChI=1S/C16H15F2NO2/c1-20-15-7-3-5-13(9-15)11-21-19-10-12-4-2-6-14(8-12)16(17)18/h2-10,16H,11H2,1H3. The second kappa shape index (κ2) is 7.38. The third-order valence-corrected chi connectivity index (χ3v) is 2.80. The molecule has 3 nitrogen and oxygen atoms in total. The molecule has 2 aromatic rings. The van der Waals surface area contributed by atoms with E-state index >= 15 is 0 Å². The molecule has 21 heavy (non-hydrogen) atoms. The quantitative estimate of drug-likeness (QED) is 0.590. The summed E-state index contributed by atoms with van der Waals surface area (Å²) in [5, 5.41) is 3.78. The van der Waals surface area contributed by atoms with Gasteiger partial charge in [-0.25, -0.2) is 8.78 Å². The van der Waals surface area contributed by atoms with E-state index in [4.69, 9.17) is 9.57 Å². The molecule has 0 aromatic heterocycles. The molecule has 0 N–H and O–H groups in total. The second-order valence-electron chi connectivity index (χ2n) is 4.33. The van der Waals surface area contributed by atoms with Crippen LogP contribution in [-0.4, -0.2) is 13.3 Å². The minimum absolute atomic E-state index is 0.0354. The van der Waals surface area contributed by atoms with Gasteiger partial charge in [-0.2, -0.15) is 0 Å². The van der Waals surface area contributed by atoms with Crippen molar-refractivity contribution in [2.24, 2.45) is 5.16 Å². The van der Waals surface area contributed by atoms with Gasteiger partial charge < -0.3 is 9.57 Å². The van der Waals surface area contributed by atoms with Gasteiger partial charge in [0, 0.05) is 5.56 Å². The minimum Gasteiger partial charge on any atom is -0.497 e. The molecule has 5 heteroatoms. The van der Waals surface area contributed by atoms with Gasteiger partial charge in [-0.05, 0) is 29.3 Å². The van der Waals surface area contributed by atoms with Crippen LogP contribution in [0.15, 0.2) is 53.7 Å².